The van der Waals surface area contributed by atoms with Crippen LogP contribution in [0, 0.1) is 0 Å². The lowest BCUT2D eigenvalue weighted by atomic mass is 10.1. The quantitative estimate of drug-likeness (QED) is 0.659. The van der Waals surface area contributed by atoms with Crippen LogP contribution >= 0.6 is 0 Å². The molecule has 0 unspecified atom stereocenters. The average molecular weight is 450 g/mol. The molecule has 0 radical (unpaired) electrons. The van der Waals surface area contributed by atoms with Crippen LogP contribution in [0.15, 0.2) is 54.6 Å². The normalized spacial score (nSPS) is 18.3. The average Bonchev–Trinajstić information content (AvgIpc) is 3.10. The molecule has 33 heavy (non-hydrogen) atoms. The lowest BCUT2D eigenvalue weighted by Gasteiger charge is -2.36. The molecule has 9 nitrogen and oxygen atoms in total. The van der Waals surface area contributed by atoms with Gasteiger partial charge >= 0.3 is 6.03 Å². The lowest BCUT2D eigenvalue weighted by molar-refractivity contribution is -0.131. The first-order valence-electron chi connectivity index (χ1n) is 11.0. The van der Waals surface area contributed by atoms with Gasteiger partial charge in [-0.25, -0.2) is 9.69 Å². The molecule has 0 spiro atoms. The van der Waals surface area contributed by atoms with Gasteiger partial charge in [0.1, 0.15) is 6.04 Å². The van der Waals surface area contributed by atoms with Crippen molar-refractivity contribution < 1.29 is 19.2 Å². The summed E-state index contributed by atoms with van der Waals surface area (Å²) in [7, 11) is 0. The molecule has 2 aromatic rings. The van der Waals surface area contributed by atoms with Gasteiger partial charge in [-0.05, 0) is 36.8 Å². The number of hydrogen-bond donors (Lipinski definition) is 2. The van der Waals surface area contributed by atoms with Gasteiger partial charge in [-0.2, -0.15) is 0 Å². The third kappa shape index (κ3) is 5.14. The van der Waals surface area contributed by atoms with Crippen molar-refractivity contribution in [1.82, 2.24) is 10.2 Å². The third-order valence-electron chi connectivity index (χ3n) is 5.84. The largest absolute Gasteiger partial charge is 0.368 e. The number of nitrogens with one attached hydrogen (secondary N) is 2. The van der Waals surface area contributed by atoms with Gasteiger partial charge in [0.05, 0.1) is 5.69 Å². The summed E-state index contributed by atoms with van der Waals surface area (Å²) >= 11 is 0. The fourth-order valence-electron chi connectivity index (χ4n) is 4.18. The van der Waals surface area contributed by atoms with Crippen LogP contribution in [0.3, 0.4) is 0 Å². The monoisotopic (exact) mass is 449 g/mol. The molecule has 0 bridgehead atoms. The minimum Gasteiger partial charge on any atom is -0.368 e. The second kappa shape index (κ2) is 9.72. The highest BCUT2D eigenvalue weighted by atomic mass is 16.2. The molecule has 1 atom stereocenters. The number of carbonyl (C=O) groups is 4. The van der Waals surface area contributed by atoms with Crippen LogP contribution in [0.2, 0.25) is 0 Å². The molecule has 9 heteroatoms. The minimum atomic E-state index is -0.753. The van der Waals surface area contributed by atoms with Gasteiger partial charge in [0.2, 0.25) is 11.8 Å². The summed E-state index contributed by atoms with van der Waals surface area (Å²) in [6.45, 7) is 4.15. The topological polar surface area (TPSA) is 102 Å². The second-order valence-corrected chi connectivity index (χ2v) is 8.15. The van der Waals surface area contributed by atoms with Crippen LogP contribution in [0.25, 0.3) is 0 Å². The van der Waals surface area contributed by atoms with Crippen LogP contribution in [-0.2, 0) is 14.4 Å². The molecule has 0 saturated carbocycles. The maximum absolute atomic E-state index is 12.9. The zero-order valence-corrected chi connectivity index (χ0v) is 18.5. The van der Waals surface area contributed by atoms with Gasteiger partial charge in [0.25, 0.3) is 5.91 Å². The van der Waals surface area contributed by atoms with Crippen molar-refractivity contribution in [3.05, 3.63) is 54.6 Å². The van der Waals surface area contributed by atoms with Crippen LogP contribution in [0.1, 0.15) is 19.8 Å². The molecule has 5 amide bonds. The van der Waals surface area contributed by atoms with Gasteiger partial charge in [-0.15, -0.1) is 0 Å². The zero-order chi connectivity index (χ0) is 23.4. The van der Waals surface area contributed by atoms with Gasteiger partial charge in [-0.1, -0.05) is 24.3 Å². The van der Waals surface area contributed by atoms with Crippen molar-refractivity contribution in [2.75, 3.05) is 41.3 Å². The maximum Gasteiger partial charge on any atom is 0.329 e. The number of rotatable bonds is 6. The number of carbonyl (C=O) groups excluding carboxylic acids is 4. The molecule has 2 N–H and O–H groups in total. The Morgan fingerprint density at radius 1 is 0.970 bits per heavy atom. The number of hydrogen-bond acceptors (Lipinski definition) is 5. The van der Waals surface area contributed by atoms with E-state index in [4.69, 9.17) is 0 Å². The molecule has 2 saturated heterocycles. The standard InChI is InChI=1S/C24H27N5O4/c1-17(30)25-18-6-5-9-20(16-18)29-23(32)21(26-24(29)33)10-11-22(31)28-14-12-27(13-15-28)19-7-3-2-4-8-19/h2-9,16,21H,10-15H2,1H3,(H,25,30)(H,26,33)/t21-/m0/s1. The highest BCUT2D eigenvalue weighted by Crippen LogP contribution is 2.24. The Morgan fingerprint density at radius 2 is 1.67 bits per heavy atom. The molecule has 2 aliphatic rings. The molecule has 0 aliphatic carbocycles. The Kier molecular flexibility index (Phi) is 6.58. The van der Waals surface area contributed by atoms with E-state index in [1.165, 1.54) is 6.92 Å². The van der Waals surface area contributed by atoms with Crippen molar-refractivity contribution in [3.63, 3.8) is 0 Å². The summed E-state index contributed by atoms with van der Waals surface area (Å²) in [4.78, 5) is 54.4. The van der Waals surface area contributed by atoms with Crippen molar-refractivity contribution in [1.29, 1.82) is 0 Å². The summed E-state index contributed by atoms with van der Waals surface area (Å²) < 4.78 is 0. The van der Waals surface area contributed by atoms with Crippen molar-refractivity contribution in [2.45, 2.75) is 25.8 Å². The Balaban J connectivity index is 1.30. The molecule has 2 fully saturated rings. The van der Waals surface area contributed by atoms with Crippen molar-refractivity contribution in [3.8, 4) is 0 Å². The van der Waals surface area contributed by atoms with E-state index in [1.54, 1.807) is 24.3 Å². The number of imide groups is 1. The maximum atomic E-state index is 12.9. The fourth-order valence-corrected chi connectivity index (χ4v) is 4.18. The van der Waals surface area contributed by atoms with Crippen LogP contribution in [-0.4, -0.2) is 60.9 Å². The first kappa shape index (κ1) is 22.3. The number of anilines is 3. The van der Waals surface area contributed by atoms with E-state index in [1.807, 2.05) is 23.1 Å². The second-order valence-electron chi connectivity index (χ2n) is 8.15. The Morgan fingerprint density at radius 3 is 2.36 bits per heavy atom. The predicted molar refractivity (Wildman–Crippen MR) is 125 cm³/mol. The molecule has 4 rings (SSSR count). The number of benzene rings is 2. The minimum absolute atomic E-state index is 0.0177. The summed E-state index contributed by atoms with van der Waals surface area (Å²) in [6.07, 6.45) is 0.423. The van der Waals surface area contributed by atoms with Gasteiger partial charge in [0.15, 0.2) is 0 Å². The first-order valence-corrected chi connectivity index (χ1v) is 11.0. The van der Waals surface area contributed by atoms with E-state index in [-0.39, 0.29) is 24.7 Å². The highest BCUT2D eigenvalue weighted by molar-refractivity contribution is 6.21. The molecule has 0 aromatic heterocycles. The lowest BCUT2D eigenvalue weighted by Crippen LogP contribution is -2.49. The van der Waals surface area contributed by atoms with E-state index in [0.29, 0.717) is 24.5 Å². The van der Waals surface area contributed by atoms with Gasteiger partial charge in [-0.3, -0.25) is 14.4 Å². The molecule has 2 aliphatic heterocycles. The third-order valence-corrected chi connectivity index (χ3v) is 5.84. The first-order chi connectivity index (χ1) is 15.9. The number of piperazine rings is 1. The summed E-state index contributed by atoms with van der Waals surface area (Å²) in [6, 6.07) is 15.3. The Labute approximate surface area is 192 Å². The molecule has 2 heterocycles. The number of nitrogens with zero attached hydrogens (tertiary/aromatic N) is 3. The summed E-state index contributed by atoms with van der Waals surface area (Å²) in [5.74, 6) is -0.664. The van der Waals surface area contributed by atoms with Gasteiger partial charge in [0, 0.05) is 50.9 Å². The van der Waals surface area contributed by atoms with E-state index < -0.39 is 18.0 Å². The Bertz CT molecular complexity index is 1050. The van der Waals surface area contributed by atoms with E-state index in [0.717, 1.165) is 23.7 Å². The smallest absolute Gasteiger partial charge is 0.329 e. The predicted octanol–water partition coefficient (Wildman–Crippen LogP) is 2.20. The fraction of sp³-hybridized carbons (Fsp3) is 0.333. The molecule has 172 valence electrons. The zero-order valence-electron chi connectivity index (χ0n) is 18.5. The van der Waals surface area contributed by atoms with Crippen molar-refractivity contribution >= 4 is 40.8 Å². The summed E-state index contributed by atoms with van der Waals surface area (Å²) in [5, 5.41) is 5.31. The molecular weight excluding hydrogens is 422 g/mol. The number of amides is 5. The molecular formula is C24H27N5O4. The van der Waals surface area contributed by atoms with Crippen LogP contribution < -0.4 is 20.4 Å². The number of urea groups is 1. The van der Waals surface area contributed by atoms with E-state index >= 15 is 0 Å². The Hall–Kier alpha value is -3.88. The van der Waals surface area contributed by atoms with Crippen molar-refractivity contribution in [2.24, 2.45) is 0 Å². The van der Waals surface area contributed by atoms with Crippen LogP contribution in [0.5, 0.6) is 0 Å². The van der Waals surface area contributed by atoms with Crippen LogP contribution in [0.4, 0.5) is 21.9 Å². The van der Waals surface area contributed by atoms with E-state index in [9.17, 15) is 19.2 Å². The van der Waals surface area contributed by atoms with Gasteiger partial charge < -0.3 is 20.4 Å². The van der Waals surface area contributed by atoms with E-state index in [2.05, 4.69) is 27.7 Å². The highest BCUT2D eigenvalue weighted by Gasteiger charge is 2.39. The SMILES string of the molecule is CC(=O)Nc1cccc(N2C(=O)N[C@@H](CCC(=O)N3CCN(c4ccccc4)CC3)C2=O)c1. The summed E-state index contributed by atoms with van der Waals surface area (Å²) in [5.41, 5.74) is 2.01. The number of para-hydroxylation sites is 1. The molecule has 2 aromatic carbocycles.